The molecule has 0 aromatic rings. The van der Waals surface area contributed by atoms with Crippen LogP contribution in [0.4, 0.5) is 0 Å². The first kappa shape index (κ1) is 16.8. The fourth-order valence-corrected chi connectivity index (χ4v) is 3.16. The van der Waals surface area contributed by atoms with E-state index in [9.17, 15) is 4.79 Å². The van der Waals surface area contributed by atoms with Crippen LogP contribution in [0.1, 0.15) is 65.7 Å². The van der Waals surface area contributed by atoms with Crippen LogP contribution in [0.2, 0.25) is 0 Å². The Morgan fingerprint density at radius 1 is 1.25 bits per heavy atom. The second-order valence-electron chi connectivity index (χ2n) is 6.49. The molecule has 1 saturated carbocycles. The van der Waals surface area contributed by atoms with E-state index in [2.05, 4.69) is 24.3 Å². The molecule has 0 heterocycles. The maximum atomic E-state index is 12.7. The zero-order valence-corrected chi connectivity index (χ0v) is 13.0. The van der Waals surface area contributed by atoms with E-state index in [0.717, 1.165) is 32.1 Å². The van der Waals surface area contributed by atoms with Gasteiger partial charge in [0.2, 0.25) is 5.91 Å². The molecule has 0 bridgehead atoms. The van der Waals surface area contributed by atoms with Crippen LogP contribution in [0, 0.1) is 11.3 Å². The first-order chi connectivity index (χ1) is 9.42. The minimum Gasteiger partial charge on any atom is -0.409 e. The number of amides is 1. The molecule has 5 nitrogen and oxygen atoms in total. The summed E-state index contributed by atoms with van der Waals surface area (Å²) in [7, 11) is 0. The van der Waals surface area contributed by atoms with Gasteiger partial charge in [-0.2, -0.15) is 0 Å². The molecule has 5 heteroatoms. The van der Waals surface area contributed by atoms with Crippen molar-refractivity contribution in [2.45, 2.75) is 71.8 Å². The van der Waals surface area contributed by atoms with Gasteiger partial charge in [0.1, 0.15) is 5.41 Å². The van der Waals surface area contributed by atoms with Crippen molar-refractivity contribution in [3.8, 4) is 0 Å². The lowest BCUT2D eigenvalue weighted by Gasteiger charge is -2.31. The fourth-order valence-electron chi connectivity index (χ4n) is 3.16. The molecule has 1 atom stereocenters. The molecule has 0 aliphatic heterocycles. The molecule has 0 spiro atoms. The summed E-state index contributed by atoms with van der Waals surface area (Å²) in [6.07, 6.45) is 6.37. The second kappa shape index (κ2) is 7.50. The largest absolute Gasteiger partial charge is 0.409 e. The fraction of sp³-hybridized carbons (Fsp3) is 0.867. The molecule has 0 radical (unpaired) electrons. The Kier molecular flexibility index (Phi) is 6.30. The maximum absolute atomic E-state index is 12.7. The number of hydrogen-bond acceptors (Lipinski definition) is 3. The van der Waals surface area contributed by atoms with Crippen molar-refractivity contribution in [3.63, 3.8) is 0 Å². The highest BCUT2D eigenvalue weighted by Crippen LogP contribution is 2.36. The number of nitrogens with two attached hydrogens (primary N) is 1. The highest BCUT2D eigenvalue weighted by atomic mass is 16.4. The predicted molar refractivity (Wildman–Crippen MR) is 80.6 cm³/mol. The zero-order valence-electron chi connectivity index (χ0n) is 13.0. The molecule has 1 amide bonds. The lowest BCUT2D eigenvalue weighted by molar-refractivity contribution is -0.129. The van der Waals surface area contributed by atoms with Crippen molar-refractivity contribution in [2.24, 2.45) is 22.2 Å². The summed E-state index contributed by atoms with van der Waals surface area (Å²) in [5.41, 5.74) is 5.05. The monoisotopic (exact) mass is 283 g/mol. The Balaban J connectivity index is 2.84. The number of amidine groups is 1. The number of carbonyl (C=O) groups is 1. The van der Waals surface area contributed by atoms with Crippen molar-refractivity contribution < 1.29 is 10.0 Å². The summed E-state index contributed by atoms with van der Waals surface area (Å²) in [5, 5.41) is 15.3. The second-order valence-corrected chi connectivity index (χ2v) is 6.49. The molecular formula is C15H29N3O2. The number of carbonyl (C=O) groups excluding carboxylic acids is 1. The minimum atomic E-state index is -0.823. The van der Waals surface area contributed by atoms with Gasteiger partial charge < -0.3 is 16.3 Å². The molecule has 4 N–H and O–H groups in total. The standard InChI is InChI=1S/C15H29N3O2/c1-11(2)10-12(3)17-14(19)15(13(16)18-20)8-6-4-5-7-9-15/h11-12,20H,4-10H2,1-3H3,(H2,16,18)(H,17,19). The Labute approximate surface area is 122 Å². The molecule has 0 aromatic heterocycles. The molecule has 0 saturated heterocycles. The van der Waals surface area contributed by atoms with Crippen molar-refractivity contribution in [3.05, 3.63) is 0 Å². The van der Waals surface area contributed by atoms with Crippen molar-refractivity contribution in [1.29, 1.82) is 0 Å². The predicted octanol–water partition coefficient (Wildman–Crippen LogP) is 2.62. The molecule has 1 aliphatic rings. The van der Waals surface area contributed by atoms with Crippen LogP contribution in [-0.2, 0) is 4.79 Å². The molecular weight excluding hydrogens is 254 g/mol. The lowest BCUT2D eigenvalue weighted by Crippen LogP contribution is -2.51. The normalized spacial score (nSPS) is 21.3. The van der Waals surface area contributed by atoms with E-state index in [1.165, 1.54) is 0 Å². The van der Waals surface area contributed by atoms with Crippen LogP contribution in [0.25, 0.3) is 0 Å². The van der Waals surface area contributed by atoms with Crippen LogP contribution in [-0.4, -0.2) is 23.0 Å². The lowest BCUT2D eigenvalue weighted by atomic mass is 9.78. The molecule has 116 valence electrons. The molecule has 0 aromatic carbocycles. The summed E-state index contributed by atoms with van der Waals surface area (Å²) in [6, 6.07) is 0.106. The van der Waals surface area contributed by atoms with Crippen molar-refractivity contribution >= 4 is 11.7 Å². The van der Waals surface area contributed by atoms with Gasteiger partial charge in [-0.1, -0.05) is 44.7 Å². The van der Waals surface area contributed by atoms with Crippen LogP contribution < -0.4 is 11.1 Å². The van der Waals surface area contributed by atoms with E-state index in [-0.39, 0.29) is 17.8 Å². The Bertz CT molecular complexity index is 345. The number of rotatable bonds is 5. The average Bonchev–Trinajstić information content (AvgIpc) is 2.63. The smallest absolute Gasteiger partial charge is 0.234 e. The number of nitrogens with one attached hydrogen (secondary N) is 1. The van der Waals surface area contributed by atoms with Gasteiger partial charge in [0.15, 0.2) is 5.84 Å². The van der Waals surface area contributed by atoms with Gasteiger partial charge in [0.25, 0.3) is 0 Å². The first-order valence-electron chi connectivity index (χ1n) is 7.71. The van der Waals surface area contributed by atoms with Gasteiger partial charge >= 0.3 is 0 Å². The van der Waals surface area contributed by atoms with E-state index in [1.807, 2.05) is 6.92 Å². The summed E-state index contributed by atoms with van der Waals surface area (Å²) >= 11 is 0. The number of nitrogens with zero attached hydrogens (tertiary/aromatic N) is 1. The molecule has 1 aliphatic carbocycles. The van der Waals surface area contributed by atoms with Gasteiger partial charge in [-0.15, -0.1) is 0 Å². The molecule has 20 heavy (non-hydrogen) atoms. The highest BCUT2D eigenvalue weighted by molar-refractivity contribution is 6.06. The Morgan fingerprint density at radius 2 is 1.80 bits per heavy atom. The van der Waals surface area contributed by atoms with Crippen LogP contribution in [0.15, 0.2) is 5.16 Å². The Hall–Kier alpha value is -1.26. The first-order valence-corrected chi connectivity index (χ1v) is 7.71. The zero-order chi connectivity index (χ0) is 15.2. The van der Waals surface area contributed by atoms with Gasteiger partial charge in [0.05, 0.1) is 0 Å². The van der Waals surface area contributed by atoms with E-state index < -0.39 is 5.41 Å². The number of hydrogen-bond donors (Lipinski definition) is 3. The van der Waals surface area contributed by atoms with Crippen LogP contribution in [0.5, 0.6) is 0 Å². The summed E-state index contributed by atoms with van der Waals surface area (Å²) < 4.78 is 0. The highest BCUT2D eigenvalue weighted by Gasteiger charge is 2.43. The van der Waals surface area contributed by atoms with E-state index in [0.29, 0.717) is 18.8 Å². The quantitative estimate of drug-likeness (QED) is 0.238. The summed E-state index contributed by atoms with van der Waals surface area (Å²) in [5.74, 6) is 0.510. The summed E-state index contributed by atoms with van der Waals surface area (Å²) in [6.45, 7) is 6.27. The Morgan fingerprint density at radius 3 is 2.25 bits per heavy atom. The van der Waals surface area contributed by atoms with Crippen LogP contribution >= 0.6 is 0 Å². The van der Waals surface area contributed by atoms with E-state index >= 15 is 0 Å². The SMILES string of the molecule is CC(C)CC(C)NC(=O)C1(C(N)=NO)CCCCCC1. The van der Waals surface area contributed by atoms with Gasteiger partial charge in [-0.05, 0) is 32.1 Å². The topological polar surface area (TPSA) is 87.7 Å². The molecule has 1 rings (SSSR count). The van der Waals surface area contributed by atoms with E-state index in [1.54, 1.807) is 0 Å². The van der Waals surface area contributed by atoms with Crippen LogP contribution in [0.3, 0.4) is 0 Å². The molecule has 1 unspecified atom stereocenters. The van der Waals surface area contributed by atoms with Gasteiger partial charge in [-0.25, -0.2) is 0 Å². The van der Waals surface area contributed by atoms with E-state index in [4.69, 9.17) is 10.9 Å². The van der Waals surface area contributed by atoms with Crippen molar-refractivity contribution in [2.75, 3.05) is 0 Å². The molecule has 1 fully saturated rings. The average molecular weight is 283 g/mol. The summed E-state index contributed by atoms with van der Waals surface area (Å²) in [4.78, 5) is 12.7. The van der Waals surface area contributed by atoms with Crippen molar-refractivity contribution in [1.82, 2.24) is 5.32 Å². The third kappa shape index (κ3) is 4.12. The minimum absolute atomic E-state index is 0.0636. The maximum Gasteiger partial charge on any atom is 0.234 e. The third-order valence-corrected chi connectivity index (χ3v) is 4.19. The number of oxime groups is 1. The van der Waals surface area contributed by atoms with Gasteiger partial charge in [0, 0.05) is 6.04 Å². The van der Waals surface area contributed by atoms with Gasteiger partial charge in [-0.3, -0.25) is 4.79 Å². The third-order valence-electron chi connectivity index (χ3n) is 4.19.